The molecular weight excluding hydrogens is 309 g/mol. The molecule has 0 saturated carbocycles. The quantitative estimate of drug-likeness (QED) is 0.842. The van der Waals surface area contributed by atoms with Crippen LogP contribution >= 0.6 is 15.9 Å². The van der Waals surface area contributed by atoms with Crippen molar-refractivity contribution in [1.29, 1.82) is 0 Å². The molecule has 0 spiro atoms. The van der Waals surface area contributed by atoms with Crippen molar-refractivity contribution < 1.29 is 9.18 Å². The first-order chi connectivity index (χ1) is 8.91. The third-order valence-corrected chi connectivity index (χ3v) is 4.68. The van der Waals surface area contributed by atoms with Gasteiger partial charge in [0.15, 0.2) is 5.78 Å². The molecule has 1 aliphatic heterocycles. The molecule has 1 aromatic rings. The van der Waals surface area contributed by atoms with Gasteiger partial charge in [-0.25, -0.2) is 4.39 Å². The van der Waals surface area contributed by atoms with Gasteiger partial charge in [-0.3, -0.25) is 9.69 Å². The summed E-state index contributed by atoms with van der Waals surface area (Å²) in [5.41, 5.74) is 0.406. The van der Waals surface area contributed by atoms with Crippen LogP contribution in [0, 0.1) is 5.82 Å². The molecule has 0 aromatic heterocycles. The van der Waals surface area contributed by atoms with Crippen LogP contribution in [0.2, 0.25) is 0 Å². The number of carbonyl (C=O) groups is 1. The zero-order chi connectivity index (χ0) is 14.0. The van der Waals surface area contributed by atoms with Crippen LogP contribution in [-0.4, -0.2) is 29.3 Å². The number of Topliss-reactive ketones (excluding diaryl/α,β-unsaturated/α-hetero) is 1. The van der Waals surface area contributed by atoms with Crippen molar-refractivity contribution in [3.8, 4) is 0 Å². The van der Waals surface area contributed by atoms with Crippen LogP contribution in [-0.2, 0) is 11.2 Å². The van der Waals surface area contributed by atoms with Crippen LogP contribution < -0.4 is 0 Å². The minimum Gasteiger partial charge on any atom is -0.297 e. The zero-order valence-electron chi connectivity index (χ0n) is 11.4. The van der Waals surface area contributed by atoms with Gasteiger partial charge < -0.3 is 0 Å². The summed E-state index contributed by atoms with van der Waals surface area (Å²) in [5, 5.41) is 0. The number of nitrogens with zero attached hydrogens (tertiary/aromatic N) is 1. The minimum atomic E-state index is -0.440. The Bertz CT molecular complexity index is 481. The Morgan fingerprint density at radius 2 is 2.00 bits per heavy atom. The number of halogens is 2. The van der Waals surface area contributed by atoms with Gasteiger partial charge in [-0.05, 0) is 57.5 Å². The first kappa shape index (κ1) is 14.7. The van der Waals surface area contributed by atoms with Crippen molar-refractivity contribution in [2.45, 2.75) is 38.6 Å². The fraction of sp³-hybridized carbons (Fsp3) is 0.533. The summed E-state index contributed by atoms with van der Waals surface area (Å²) >= 11 is 3.32. The molecule has 0 unspecified atom stereocenters. The van der Waals surface area contributed by atoms with Gasteiger partial charge in [0.2, 0.25) is 0 Å². The zero-order valence-corrected chi connectivity index (χ0v) is 13.0. The van der Waals surface area contributed by atoms with E-state index in [0.29, 0.717) is 10.9 Å². The Balaban J connectivity index is 2.11. The molecule has 1 aliphatic rings. The van der Waals surface area contributed by atoms with Crippen LogP contribution in [0.5, 0.6) is 0 Å². The van der Waals surface area contributed by atoms with Crippen molar-refractivity contribution in [3.05, 3.63) is 34.1 Å². The lowest BCUT2D eigenvalue weighted by Gasteiger charge is -2.34. The second-order valence-corrected chi connectivity index (χ2v) is 6.44. The highest BCUT2D eigenvalue weighted by molar-refractivity contribution is 9.10. The van der Waals surface area contributed by atoms with Crippen molar-refractivity contribution in [2.24, 2.45) is 0 Å². The van der Waals surface area contributed by atoms with Gasteiger partial charge in [0.05, 0.1) is 5.54 Å². The molecule has 0 N–H and O–H groups in total. The van der Waals surface area contributed by atoms with Gasteiger partial charge in [-0.1, -0.05) is 22.0 Å². The van der Waals surface area contributed by atoms with E-state index in [9.17, 15) is 9.18 Å². The lowest BCUT2D eigenvalue weighted by atomic mass is 9.92. The van der Waals surface area contributed by atoms with E-state index in [1.807, 2.05) is 13.8 Å². The second-order valence-electron chi connectivity index (χ2n) is 5.59. The van der Waals surface area contributed by atoms with Crippen LogP contribution in [0.1, 0.15) is 32.3 Å². The van der Waals surface area contributed by atoms with E-state index in [-0.39, 0.29) is 11.6 Å². The standard InChI is InChI=1S/C15H19BrFNO/c1-15(2,18-7-3-4-8-18)14(19)9-11-5-6-12(17)10-13(11)16/h5-6,10H,3-4,7-9H2,1-2H3. The molecule has 0 bridgehead atoms. The molecule has 19 heavy (non-hydrogen) atoms. The molecule has 1 heterocycles. The summed E-state index contributed by atoms with van der Waals surface area (Å²) in [6.45, 7) is 5.95. The van der Waals surface area contributed by atoms with Gasteiger partial charge >= 0.3 is 0 Å². The average Bonchev–Trinajstić information content (AvgIpc) is 2.86. The number of ketones is 1. The largest absolute Gasteiger partial charge is 0.297 e. The van der Waals surface area contributed by atoms with E-state index in [1.54, 1.807) is 6.07 Å². The Labute approximate surface area is 122 Å². The predicted molar refractivity (Wildman–Crippen MR) is 77.7 cm³/mol. The molecule has 2 rings (SSSR count). The maximum absolute atomic E-state index is 13.0. The molecule has 104 valence electrons. The van der Waals surface area contributed by atoms with Gasteiger partial charge in [0, 0.05) is 10.9 Å². The Hall–Kier alpha value is -0.740. The van der Waals surface area contributed by atoms with E-state index in [4.69, 9.17) is 0 Å². The normalized spacial score (nSPS) is 16.8. The third-order valence-electron chi connectivity index (χ3n) is 3.95. The highest BCUT2D eigenvalue weighted by Gasteiger charge is 2.35. The summed E-state index contributed by atoms with van der Waals surface area (Å²) in [4.78, 5) is 14.7. The second kappa shape index (κ2) is 5.71. The van der Waals surface area contributed by atoms with Gasteiger partial charge in [0.1, 0.15) is 5.82 Å². The summed E-state index contributed by atoms with van der Waals surface area (Å²) in [7, 11) is 0. The third kappa shape index (κ3) is 3.23. The number of benzene rings is 1. The fourth-order valence-electron chi connectivity index (χ4n) is 2.51. The molecule has 0 radical (unpaired) electrons. The van der Waals surface area contributed by atoms with E-state index in [0.717, 1.165) is 31.5 Å². The van der Waals surface area contributed by atoms with Gasteiger partial charge in [-0.15, -0.1) is 0 Å². The number of hydrogen-bond acceptors (Lipinski definition) is 2. The molecule has 1 saturated heterocycles. The number of rotatable bonds is 4. The van der Waals surface area contributed by atoms with Gasteiger partial charge in [-0.2, -0.15) is 0 Å². The summed E-state index contributed by atoms with van der Waals surface area (Å²) in [6.07, 6.45) is 2.66. The van der Waals surface area contributed by atoms with Crippen molar-refractivity contribution in [2.75, 3.05) is 13.1 Å². The molecule has 1 fully saturated rings. The smallest absolute Gasteiger partial charge is 0.156 e. The topological polar surface area (TPSA) is 20.3 Å². The van der Waals surface area contributed by atoms with Crippen LogP contribution in [0.3, 0.4) is 0 Å². The fourth-order valence-corrected chi connectivity index (χ4v) is 3.00. The molecule has 4 heteroatoms. The summed E-state index contributed by atoms with van der Waals surface area (Å²) in [5.74, 6) is -0.108. The van der Waals surface area contributed by atoms with Crippen LogP contribution in [0.4, 0.5) is 4.39 Å². The molecule has 0 atom stereocenters. The molecule has 0 amide bonds. The highest BCUT2D eigenvalue weighted by Crippen LogP contribution is 2.25. The Morgan fingerprint density at radius 1 is 1.37 bits per heavy atom. The van der Waals surface area contributed by atoms with Crippen LogP contribution in [0.25, 0.3) is 0 Å². The Kier molecular flexibility index (Phi) is 4.41. The number of likely N-dealkylation sites (tertiary alicyclic amines) is 1. The summed E-state index contributed by atoms with van der Waals surface area (Å²) in [6, 6.07) is 4.49. The SMILES string of the molecule is CC(C)(C(=O)Cc1ccc(F)cc1Br)N1CCCC1. The van der Waals surface area contributed by atoms with Gasteiger partial charge in [0.25, 0.3) is 0 Å². The minimum absolute atomic E-state index is 0.182. The molecule has 0 aliphatic carbocycles. The van der Waals surface area contributed by atoms with Crippen molar-refractivity contribution >= 4 is 21.7 Å². The lowest BCUT2D eigenvalue weighted by molar-refractivity contribution is -0.128. The summed E-state index contributed by atoms with van der Waals surface area (Å²) < 4.78 is 13.7. The van der Waals surface area contributed by atoms with E-state index >= 15 is 0 Å². The molecular formula is C15H19BrFNO. The molecule has 2 nitrogen and oxygen atoms in total. The number of carbonyl (C=O) groups excluding carboxylic acids is 1. The lowest BCUT2D eigenvalue weighted by Crippen LogP contribution is -2.49. The van der Waals surface area contributed by atoms with E-state index in [1.165, 1.54) is 12.1 Å². The van der Waals surface area contributed by atoms with E-state index < -0.39 is 5.54 Å². The monoisotopic (exact) mass is 327 g/mol. The first-order valence-corrected chi connectivity index (χ1v) is 7.43. The number of hydrogen-bond donors (Lipinski definition) is 0. The van der Waals surface area contributed by atoms with Crippen molar-refractivity contribution in [3.63, 3.8) is 0 Å². The van der Waals surface area contributed by atoms with E-state index in [2.05, 4.69) is 20.8 Å². The maximum atomic E-state index is 13.0. The first-order valence-electron chi connectivity index (χ1n) is 6.63. The average molecular weight is 328 g/mol. The molecule has 1 aromatic carbocycles. The van der Waals surface area contributed by atoms with Crippen molar-refractivity contribution in [1.82, 2.24) is 4.90 Å². The predicted octanol–water partition coefficient (Wildman–Crippen LogP) is 3.57. The van der Waals surface area contributed by atoms with Crippen LogP contribution in [0.15, 0.2) is 22.7 Å². The maximum Gasteiger partial charge on any atom is 0.156 e. The highest BCUT2D eigenvalue weighted by atomic mass is 79.9. The Morgan fingerprint density at radius 3 is 2.58 bits per heavy atom.